The van der Waals surface area contributed by atoms with Crippen molar-refractivity contribution in [1.82, 2.24) is 19.4 Å². The molecule has 2 aromatic heterocycles. The van der Waals surface area contributed by atoms with Gasteiger partial charge in [0.2, 0.25) is 0 Å². The number of methoxy groups -OCH3 is 1. The van der Waals surface area contributed by atoms with E-state index in [1.807, 2.05) is 6.92 Å². The number of pyridine rings is 1. The van der Waals surface area contributed by atoms with Gasteiger partial charge in [-0.2, -0.15) is 0 Å². The lowest BCUT2D eigenvalue weighted by atomic mass is 9.81. The van der Waals surface area contributed by atoms with Gasteiger partial charge >= 0.3 is 5.97 Å². The average molecular weight is 398 g/mol. The van der Waals surface area contributed by atoms with E-state index in [4.69, 9.17) is 4.74 Å². The van der Waals surface area contributed by atoms with Crippen LogP contribution < -0.4 is 5.56 Å². The highest BCUT2D eigenvalue weighted by atomic mass is 16.5. The molecule has 1 aliphatic rings. The molecule has 29 heavy (non-hydrogen) atoms. The number of carbonyl (C=O) groups is 2. The van der Waals surface area contributed by atoms with Gasteiger partial charge in [0, 0.05) is 25.5 Å². The number of hydrogen-bond acceptors (Lipinski definition) is 6. The molecule has 3 rings (SSSR count). The number of rotatable bonds is 4. The van der Waals surface area contributed by atoms with Crippen molar-refractivity contribution in [3.05, 3.63) is 57.5 Å². The van der Waals surface area contributed by atoms with Gasteiger partial charge in [0.25, 0.3) is 11.5 Å². The van der Waals surface area contributed by atoms with Gasteiger partial charge in [-0.3, -0.25) is 24.4 Å². The Labute approximate surface area is 169 Å². The van der Waals surface area contributed by atoms with Crippen LogP contribution in [0.15, 0.2) is 29.5 Å². The Morgan fingerprint density at radius 1 is 1.24 bits per heavy atom. The molecule has 1 aliphatic heterocycles. The van der Waals surface area contributed by atoms with E-state index in [-0.39, 0.29) is 36.1 Å². The Bertz CT molecular complexity index is 983. The number of aromatic nitrogens is 3. The number of esters is 1. The Morgan fingerprint density at radius 3 is 2.66 bits per heavy atom. The molecular weight excluding hydrogens is 372 g/mol. The molecule has 0 bridgehead atoms. The average Bonchev–Trinajstić information content (AvgIpc) is 2.71. The zero-order valence-electron chi connectivity index (χ0n) is 17.3. The minimum Gasteiger partial charge on any atom is -0.469 e. The minimum atomic E-state index is -0.762. The second kappa shape index (κ2) is 8.14. The van der Waals surface area contributed by atoms with Crippen molar-refractivity contribution >= 4 is 11.9 Å². The van der Waals surface area contributed by atoms with Crippen molar-refractivity contribution < 1.29 is 14.3 Å². The molecule has 0 aliphatic carbocycles. The summed E-state index contributed by atoms with van der Waals surface area (Å²) >= 11 is 0. The van der Waals surface area contributed by atoms with E-state index in [9.17, 15) is 14.4 Å². The van der Waals surface area contributed by atoms with Crippen LogP contribution in [0.2, 0.25) is 0 Å². The predicted octanol–water partition coefficient (Wildman–Crippen LogP) is 1.72. The summed E-state index contributed by atoms with van der Waals surface area (Å²) in [6, 6.07) is 1.75. The van der Waals surface area contributed by atoms with E-state index in [2.05, 4.69) is 9.97 Å². The van der Waals surface area contributed by atoms with Crippen LogP contribution >= 0.6 is 0 Å². The van der Waals surface area contributed by atoms with E-state index in [0.29, 0.717) is 30.6 Å². The number of carbonyl (C=O) groups excluding carboxylic acids is 2. The molecule has 0 spiro atoms. The van der Waals surface area contributed by atoms with Gasteiger partial charge in [0.15, 0.2) is 0 Å². The third kappa shape index (κ3) is 4.21. The van der Waals surface area contributed by atoms with Gasteiger partial charge in [-0.1, -0.05) is 0 Å². The highest BCUT2D eigenvalue weighted by molar-refractivity contribution is 5.95. The first-order chi connectivity index (χ1) is 13.7. The molecule has 1 amide bonds. The maximum Gasteiger partial charge on any atom is 0.313 e. The summed E-state index contributed by atoms with van der Waals surface area (Å²) in [6.07, 6.45) is 6.24. The van der Waals surface area contributed by atoms with Crippen LogP contribution in [0.1, 0.15) is 47.1 Å². The van der Waals surface area contributed by atoms with E-state index in [1.165, 1.54) is 11.7 Å². The quantitative estimate of drug-likeness (QED) is 0.728. The molecule has 1 saturated heterocycles. The Morgan fingerprint density at radius 2 is 2.00 bits per heavy atom. The molecule has 0 N–H and O–H groups in total. The smallest absolute Gasteiger partial charge is 0.313 e. The van der Waals surface area contributed by atoms with Gasteiger partial charge in [-0.15, -0.1) is 0 Å². The Hall–Kier alpha value is -3.03. The number of nitrogens with zero attached hydrogens (tertiary/aromatic N) is 4. The molecule has 0 radical (unpaired) electrons. The van der Waals surface area contributed by atoms with Crippen molar-refractivity contribution in [2.45, 2.75) is 40.2 Å². The fourth-order valence-electron chi connectivity index (χ4n) is 3.71. The Kier molecular flexibility index (Phi) is 5.81. The van der Waals surface area contributed by atoms with Crippen molar-refractivity contribution in [3.8, 4) is 0 Å². The Balaban J connectivity index is 1.89. The monoisotopic (exact) mass is 398 g/mol. The van der Waals surface area contributed by atoms with E-state index in [1.54, 1.807) is 43.4 Å². The number of ether oxygens (including phenoxy) is 1. The second-order valence-corrected chi connectivity index (χ2v) is 7.84. The molecule has 154 valence electrons. The van der Waals surface area contributed by atoms with E-state index in [0.717, 1.165) is 5.69 Å². The SMILES string of the molecule is COC(=O)C1(C)CCCN(C(=O)c2c(C)ccn(Cc3cnc(C)cn3)c2=O)C1. The third-order valence-electron chi connectivity index (χ3n) is 5.42. The first-order valence-electron chi connectivity index (χ1n) is 9.60. The van der Waals surface area contributed by atoms with Crippen molar-refractivity contribution in [2.24, 2.45) is 5.41 Å². The number of hydrogen-bond donors (Lipinski definition) is 0. The molecule has 3 heterocycles. The van der Waals surface area contributed by atoms with E-state index >= 15 is 0 Å². The predicted molar refractivity (Wildman–Crippen MR) is 107 cm³/mol. The van der Waals surface area contributed by atoms with Gasteiger partial charge in [0.05, 0.1) is 36.7 Å². The van der Waals surface area contributed by atoms with Crippen LogP contribution in [-0.4, -0.2) is 51.5 Å². The maximum atomic E-state index is 13.2. The number of piperidine rings is 1. The normalized spacial score (nSPS) is 19.1. The lowest BCUT2D eigenvalue weighted by Gasteiger charge is -2.38. The van der Waals surface area contributed by atoms with Crippen molar-refractivity contribution in [3.63, 3.8) is 0 Å². The molecule has 1 atom stereocenters. The van der Waals surface area contributed by atoms with Gasteiger partial charge in [0.1, 0.15) is 5.56 Å². The summed E-state index contributed by atoms with van der Waals surface area (Å²) in [6.45, 7) is 6.34. The number of likely N-dealkylation sites (tertiary alicyclic amines) is 1. The van der Waals surface area contributed by atoms with Crippen LogP contribution in [0.4, 0.5) is 0 Å². The number of aryl methyl sites for hydroxylation is 2. The topological polar surface area (TPSA) is 94.4 Å². The molecule has 2 aromatic rings. The fraction of sp³-hybridized carbons (Fsp3) is 0.476. The highest BCUT2D eigenvalue weighted by Gasteiger charge is 2.41. The molecule has 8 nitrogen and oxygen atoms in total. The maximum absolute atomic E-state index is 13.2. The van der Waals surface area contributed by atoms with Gasteiger partial charge in [-0.25, -0.2) is 0 Å². The summed E-state index contributed by atoms with van der Waals surface area (Å²) < 4.78 is 6.37. The fourth-order valence-corrected chi connectivity index (χ4v) is 3.71. The summed E-state index contributed by atoms with van der Waals surface area (Å²) in [7, 11) is 1.35. The zero-order chi connectivity index (χ0) is 21.2. The molecule has 0 saturated carbocycles. The van der Waals surface area contributed by atoms with E-state index < -0.39 is 5.41 Å². The second-order valence-electron chi connectivity index (χ2n) is 7.84. The van der Waals surface area contributed by atoms with Crippen LogP contribution in [0.5, 0.6) is 0 Å². The molecule has 8 heteroatoms. The summed E-state index contributed by atoms with van der Waals surface area (Å²) in [5, 5.41) is 0. The molecule has 0 aromatic carbocycles. The molecule has 1 fully saturated rings. The first kappa shape index (κ1) is 20.7. The standard InChI is InChI=1S/C21H26N4O4/c1-14-6-9-24(12-16-11-22-15(2)10-23-16)18(26)17(14)19(27)25-8-5-7-21(3,13-25)20(28)29-4/h6,9-11H,5,7-8,12-13H2,1-4H3. The zero-order valence-corrected chi connectivity index (χ0v) is 17.3. The highest BCUT2D eigenvalue weighted by Crippen LogP contribution is 2.31. The van der Waals surface area contributed by atoms with Gasteiger partial charge < -0.3 is 14.2 Å². The summed E-state index contributed by atoms with van der Waals surface area (Å²) in [5.41, 5.74) is 1.03. The largest absolute Gasteiger partial charge is 0.469 e. The lowest BCUT2D eigenvalue weighted by molar-refractivity contribution is -0.154. The third-order valence-corrected chi connectivity index (χ3v) is 5.42. The lowest BCUT2D eigenvalue weighted by Crippen LogP contribution is -2.50. The summed E-state index contributed by atoms with van der Waals surface area (Å²) in [4.78, 5) is 48.5. The molecular formula is C21H26N4O4. The summed E-state index contributed by atoms with van der Waals surface area (Å²) in [5.74, 6) is -0.693. The minimum absolute atomic E-state index is 0.127. The van der Waals surface area contributed by atoms with Gasteiger partial charge in [-0.05, 0) is 45.2 Å². The van der Waals surface area contributed by atoms with Crippen LogP contribution in [0.3, 0.4) is 0 Å². The first-order valence-corrected chi connectivity index (χ1v) is 9.60. The molecule has 1 unspecified atom stereocenters. The van der Waals surface area contributed by atoms with Crippen LogP contribution in [0.25, 0.3) is 0 Å². The van der Waals surface area contributed by atoms with Crippen LogP contribution in [-0.2, 0) is 16.1 Å². The number of amides is 1. The van der Waals surface area contributed by atoms with Crippen LogP contribution in [0, 0.1) is 19.3 Å². The van der Waals surface area contributed by atoms with Crippen molar-refractivity contribution in [1.29, 1.82) is 0 Å². The van der Waals surface area contributed by atoms with Crippen molar-refractivity contribution in [2.75, 3.05) is 20.2 Å².